The monoisotopic (exact) mass is 723 g/mol. The summed E-state index contributed by atoms with van der Waals surface area (Å²) in [5, 5.41) is 15.8. The summed E-state index contributed by atoms with van der Waals surface area (Å²) in [6.07, 6.45) is -5.32. The van der Waals surface area contributed by atoms with E-state index in [9.17, 15) is 23.5 Å². The number of alkyl halides is 3. The zero-order valence-corrected chi connectivity index (χ0v) is 26.8. The number of amides is 1. The number of aliphatic hydroxyl groups is 1. The number of aliphatic imine (C=N–C) groups is 1. The lowest BCUT2D eigenvalue weighted by Crippen LogP contribution is -2.49. The van der Waals surface area contributed by atoms with Gasteiger partial charge in [0.15, 0.2) is 11.6 Å². The molecular formula is C34H29BrF3N5O5. The molecule has 1 aliphatic heterocycles. The Kier molecular flexibility index (Phi) is 10.9. The van der Waals surface area contributed by atoms with E-state index >= 15 is 0 Å². The molecule has 0 unspecified atom stereocenters. The van der Waals surface area contributed by atoms with Crippen LogP contribution in [-0.2, 0) is 22.5 Å². The molecule has 1 amide bonds. The van der Waals surface area contributed by atoms with E-state index in [-0.39, 0.29) is 31.2 Å². The Hall–Kier alpha value is -5.04. The molecule has 4 aromatic rings. The zero-order valence-electron chi connectivity index (χ0n) is 25.2. The van der Waals surface area contributed by atoms with Crippen molar-refractivity contribution in [2.75, 3.05) is 13.2 Å². The molecule has 0 radical (unpaired) electrons. The van der Waals surface area contributed by atoms with Crippen LogP contribution in [0.2, 0.25) is 0 Å². The average Bonchev–Trinajstić information content (AvgIpc) is 3.46. The molecule has 2 N–H and O–H groups in total. The zero-order chi connectivity index (χ0) is 34.1. The van der Waals surface area contributed by atoms with Crippen molar-refractivity contribution in [2.45, 2.75) is 37.4 Å². The van der Waals surface area contributed by atoms with Crippen LogP contribution in [0.15, 0.2) is 112 Å². The molecule has 2 atom stereocenters. The van der Waals surface area contributed by atoms with Gasteiger partial charge < -0.3 is 24.6 Å². The number of halogens is 4. The first-order valence-corrected chi connectivity index (χ1v) is 15.5. The minimum atomic E-state index is -4.83. The fourth-order valence-corrected chi connectivity index (χ4v) is 5.42. The van der Waals surface area contributed by atoms with E-state index < -0.39 is 23.9 Å². The molecule has 0 aromatic heterocycles. The summed E-state index contributed by atoms with van der Waals surface area (Å²) in [6.45, 7) is 0.304. The van der Waals surface area contributed by atoms with Gasteiger partial charge in [0.1, 0.15) is 11.5 Å². The number of hydrogen-bond acceptors (Lipinski definition) is 7. The second-order valence-electron chi connectivity index (χ2n) is 10.7. The number of ether oxygens (including phenoxy) is 3. The largest absolute Gasteiger partial charge is 0.573 e. The minimum absolute atomic E-state index is 0.00487. The van der Waals surface area contributed by atoms with Crippen molar-refractivity contribution < 1.29 is 37.3 Å². The fraction of sp³-hybridized carbons (Fsp3) is 0.235. The third kappa shape index (κ3) is 8.45. The van der Waals surface area contributed by atoms with Gasteiger partial charge in [-0.15, -0.1) is 13.2 Å². The van der Waals surface area contributed by atoms with Gasteiger partial charge in [-0.2, -0.15) is 0 Å². The molecule has 48 heavy (non-hydrogen) atoms. The first kappa shape index (κ1) is 34.3. The Morgan fingerprint density at radius 2 is 1.71 bits per heavy atom. The number of azide groups is 1. The minimum Gasteiger partial charge on any atom is -0.494 e. The Morgan fingerprint density at radius 3 is 2.38 bits per heavy atom. The highest BCUT2D eigenvalue weighted by Crippen LogP contribution is 2.44. The summed E-state index contributed by atoms with van der Waals surface area (Å²) >= 11 is 3.45. The quantitative estimate of drug-likeness (QED) is 0.0626. The van der Waals surface area contributed by atoms with E-state index in [1.165, 1.54) is 12.1 Å². The van der Waals surface area contributed by atoms with Crippen molar-refractivity contribution in [3.63, 3.8) is 0 Å². The molecule has 0 bridgehead atoms. The number of benzene rings is 4. The number of carbonyl (C=O) groups is 1. The highest BCUT2D eigenvalue weighted by atomic mass is 79.9. The maximum atomic E-state index is 14.5. The molecule has 5 rings (SSSR count). The molecule has 248 valence electrons. The van der Waals surface area contributed by atoms with Gasteiger partial charge in [0.05, 0.1) is 6.61 Å². The van der Waals surface area contributed by atoms with Gasteiger partial charge >= 0.3 is 6.36 Å². The molecule has 0 aliphatic carbocycles. The highest BCUT2D eigenvalue weighted by molar-refractivity contribution is 9.10. The van der Waals surface area contributed by atoms with Crippen LogP contribution >= 0.6 is 15.9 Å². The maximum absolute atomic E-state index is 14.5. The fourth-order valence-electron chi connectivity index (χ4n) is 5.16. The summed E-state index contributed by atoms with van der Waals surface area (Å²) in [5.74, 6) is -0.146. The van der Waals surface area contributed by atoms with Crippen LogP contribution in [0.4, 0.5) is 18.9 Å². The first-order chi connectivity index (χ1) is 23.1. The lowest BCUT2D eigenvalue weighted by Gasteiger charge is -2.31. The molecule has 0 spiro atoms. The molecule has 14 heteroatoms. The standard InChI is InChI=1S/C34H29BrF3N5O5/c35-26-12-8-23(9-13-26)30-33(20-25-4-1-2-5-29(25)42-43-39,32(45)40-21-22-6-14-28(15-7-22)48-34(36,37)38)41-31(47-30)24-10-16-27(17-11-24)46-19-3-18-44/h1-2,4-17,30,44H,3,18-21H2,(H,40,45)/t30-,33-/m1/s1. The molecule has 0 saturated carbocycles. The van der Waals surface area contributed by atoms with E-state index in [1.807, 2.05) is 24.3 Å². The predicted octanol–water partition coefficient (Wildman–Crippen LogP) is 7.87. The van der Waals surface area contributed by atoms with Crippen molar-refractivity contribution in [2.24, 2.45) is 10.1 Å². The van der Waals surface area contributed by atoms with Crippen molar-refractivity contribution in [3.8, 4) is 11.5 Å². The number of nitrogens with zero attached hydrogens (tertiary/aromatic N) is 4. The third-order valence-corrected chi connectivity index (χ3v) is 7.95. The van der Waals surface area contributed by atoms with Crippen LogP contribution in [0.1, 0.15) is 34.8 Å². The molecule has 0 fully saturated rings. The van der Waals surface area contributed by atoms with E-state index in [0.717, 1.165) is 16.6 Å². The topological polar surface area (TPSA) is 138 Å². The van der Waals surface area contributed by atoms with Crippen LogP contribution in [0, 0.1) is 0 Å². The molecular weight excluding hydrogens is 695 g/mol. The molecule has 4 aromatic carbocycles. The smallest absolute Gasteiger partial charge is 0.494 e. The second-order valence-corrected chi connectivity index (χ2v) is 11.6. The van der Waals surface area contributed by atoms with E-state index in [2.05, 4.69) is 36.0 Å². The highest BCUT2D eigenvalue weighted by Gasteiger charge is 2.53. The van der Waals surface area contributed by atoms with Gasteiger partial charge in [0.25, 0.3) is 5.91 Å². The molecule has 1 aliphatic rings. The van der Waals surface area contributed by atoms with Gasteiger partial charge in [-0.3, -0.25) is 4.79 Å². The lowest BCUT2D eigenvalue weighted by atomic mass is 9.81. The molecule has 10 nitrogen and oxygen atoms in total. The summed E-state index contributed by atoms with van der Waals surface area (Å²) in [6, 6.07) is 26.2. The predicted molar refractivity (Wildman–Crippen MR) is 175 cm³/mol. The van der Waals surface area contributed by atoms with Crippen LogP contribution in [-0.4, -0.2) is 42.0 Å². The van der Waals surface area contributed by atoms with Gasteiger partial charge in [-0.25, -0.2) is 4.99 Å². The van der Waals surface area contributed by atoms with Crippen LogP contribution in [0.25, 0.3) is 10.4 Å². The van der Waals surface area contributed by atoms with Gasteiger partial charge in [0.2, 0.25) is 5.90 Å². The Balaban J connectivity index is 1.54. The normalized spacial score (nSPS) is 17.1. The van der Waals surface area contributed by atoms with E-state index in [4.69, 9.17) is 19.6 Å². The van der Waals surface area contributed by atoms with Crippen molar-refractivity contribution >= 4 is 33.4 Å². The summed E-state index contributed by atoms with van der Waals surface area (Å²) in [5.41, 5.74) is 10.2. The average molecular weight is 725 g/mol. The number of rotatable bonds is 13. The van der Waals surface area contributed by atoms with Gasteiger partial charge in [0, 0.05) is 46.6 Å². The molecule has 1 heterocycles. The summed E-state index contributed by atoms with van der Waals surface area (Å²) in [4.78, 5) is 22.4. The van der Waals surface area contributed by atoms with Crippen molar-refractivity contribution in [3.05, 3.63) is 134 Å². The van der Waals surface area contributed by atoms with Crippen LogP contribution in [0.5, 0.6) is 11.5 Å². The maximum Gasteiger partial charge on any atom is 0.573 e. The summed E-state index contributed by atoms with van der Waals surface area (Å²) in [7, 11) is 0. The number of carbonyl (C=O) groups excluding carboxylic acids is 1. The molecule has 0 saturated heterocycles. The second kappa shape index (κ2) is 15.2. The third-order valence-electron chi connectivity index (χ3n) is 7.42. The van der Waals surface area contributed by atoms with Crippen LogP contribution < -0.4 is 14.8 Å². The first-order valence-electron chi connectivity index (χ1n) is 14.7. The van der Waals surface area contributed by atoms with E-state index in [0.29, 0.717) is 46.7 Å². The number of hydrogen-bond donors (Lipinski definition) is 2. The van der Waals surface area contributed by atoms with Crippen molar-refractivity contribution in [1.29, 1.82) is 0 Å². The Labute approximate surface area is 281 Å². The summed E-state index contributed by atoms with van der Waals surface area (Å²) < 4.78 is 54.9. The van der Waals surface area contributed by atoms with Crippen molar-refractivity contribution in [1.82, 2.24) is 5.32 Å². The number of aliphatic hydroxyl groups excluding tert-OH is 1. The Morgan fingerprint density at radius 1 is 1.02 bits per heavy atom. The number of nitrogens with one attached hydrogen (secondary N) is 1. The van der Waals surface area contributed by atoms with Gasteiger partial charge in [-0.1, -0.05) is 69.6 Å². The van der Waals surface area contributed by atoms with Crippen LogP contribution in [0.3, 0.4) is 0 Å². The SMILES string of the molecule is [N-]=[N+]=Nc1ccccc1C[C@@]1(C(=O)NCc2ccc(OC(F)(F)F)cc2)N=C(c2ccc(OCCCO)cc2)O[C@@H]1c1ccc(Br)cc1. The Bertz CT molecular complexity index is 1800. The van der Waals surface area contributed by atoms with E-state index in [1.54, 1.807) is 48.5 Å². The van der Waals surface area contributed by atoms with Gasteiger partial charge in [-0.05, 0) is 70.8 Å². The lowest BCUT2D eigenvalue weighted by molar-refractivity contribution is -0.274.